The van der Waals surface area contributed by atoms with Crippen LogP contribution in [0.15, 0.2) is 0 Å². The zero-order valence-electron chi connectivity index (χ0n) is 11.5. The number of nitriles is 1. The molecule has 0 aromatic rings. The van der Waals surface area contributed by atoms with Crippen molar-refractivity contribution in [2.75, 3.05) is 24.6 Å². The van der Waals surface area contributed by atoms with Crippen molar-refractivity contribution in [1.29, 1.82) is 5.26 Å². The van der Waals surface area contributed by atoms with Crippen LogP contribution in [0, 0.1) is 16.7 Å². The molecule has 0 spiro atoms. The highest BCUT2D eigenvalue weighted by Crippen LogP contribution is 2.22. The van der Waals surface area contributed by atoms with Gasteiger partial charge in [0.15, 0.2) is 0 Å². The SMILES string of the molecule is CCN(CC)C(=O)CSCCCC(C)(C)C#N. The molecule has 0 aliphatic rings. The van der Waals surface area contributed by atoms with Crippen molar-refractivity contribution in [3.63, 3.8) is 0 Å². The summed E-state index contributed by atoms with van der Waals surface area (Å²) in [6, 6.07) is 2.29. The lowest BCUT2D eigenvalue weighted by atomic mass is 9.90. The average Bonchev–Trinajstić information content (AvgIpc) is 2.30. The fraction of sp³-hybridized carbons (Fsp3) is 0.846. The lowest BCUT2D eigenvalue weighted by molar-refractivity contribution is -0.127. The Morgan fingerprint density at radius 1 is 1.35 bits per heavy atom. The summed E-state index contributed by atoms with van der Waals surface area (Å²) in [5, 5.41) is 8.86. The Morgan fingerprint density at radius 3 is 2.41 bits per heavy atom. The molecule has 0 atom stereocenters. The predicted octanol–water partition coefficient (Wildman–Crippen LogP) is 2.92. The van der Waals surface area contributed by atoms with Gasteiger partial charge in [0.05, 0.1) is 17.2 Å². The van der Waals surface area contributed by atoms with E-state index in [0.29, 0.717) is 5.75 Å². The minimum absolute atomic E-state index is 0.222. The molecule has 98 valence electrons. The summed E-state index contributed by atoms with van der Waals surface area (Å²) >= 11 is 1.67. The molecule has 1 amide bonds. The van der Waals surface area contributed by atoms with Gasteiger partial charge >= 0.3 is 0 Å². The summed E-state index contributed by atoms with van der Waals surface area (Å²) in [6.45, 7) is 9.50. The van der Waals surface area contributed by atoms with E-state index < -0.39 is 0 Å². The van der Waals surface area contributed by atoms with Gasteiger partial charge in [-0.05, 0) is 46.3 Å². The molecule has 0 saturated carbocycles. The number of hydrogen-bond acceptors (Lipinski definition) is 3. The third-order valence-corrected chi connectivity index (χ3v) is 3.76. The quantitative estimate of drug-likeness (QED) is 0.627. The molecule has 0 bridgehead atoms. The molecule has 0 unspecified atom stereocenters. The van der Waals surface area contributed by atoms with Crippen LogP contribution in [0.5, 0.6) is 0 Å². The smallest absolute Gasteiger partial charge is 0.232 e. The van der Waals surface area contributed by atoms with Crippen LogP contribution in [-0.2, 0) is 4.79 Å². The van der Waals surface area contributed by atoms with Crippen molar-refractivity contribution < 1.29 is 4.79 Å². The Hall–Kier alpha value is -0.690. The van der Waals surface area contributed by atoms with E-state index >= 15 is 0 Å². The van der Waals surface area contributed by atoms with Crippen molar-refractivity contribution in [3.05, 3.63) is 0 Å². The summed E-state index contributed by atoms with van der Waals surface area (Å²) in [6.07, 6.45) is 1.90. The van der Waals surface area contributed by atoms with Gasteiger partial charge in [-0.2, -0.15) is 17.0 Å². The van der Waals surface area contributed by atoms with E-state index in [9.17, 15) is 4.79 Å². The Morgan fingerprint density at radius 2 is 1.94 bits per heavy atom. The van der Waals surface area contributed by atoms with E-state index in [-0.39, 0.29) is 11.3 Å². The number of amides is 1. The molecule has 0 aliphatic heterocycles. The summed E-state index contributed by atoms with van der Waals surface area (Å²) in [5.74, 6) is 1.74. The fourth-order valence-corrected chi connectivity index (χ4v) is 2.35. The zero-order chi connectivity index (χ0) is 13.3. The maximum atomic E-state index is 11.7. The van der Waals surface area contributed by atoms with Gasteiger partial charge in [-0.1, -0.05) is 0 Å². The molecule has 0 aromatic heterocycles. The van der Waals surface area contributed by atoms with Gasteiger partial charge in [0.2, 0.25) is 5.91 Å². The normalized spacial score (nSPS) is 11.0. The molecule has 4 heteroatoms. The van der Waals surface area contributed by atoms with Gasteiger partial charge < -0.3 is 4.90 Å². The number of rotatable bonds is 8. The molecule has 0 N–H and O–H groups in total. The van der Waals surface area contributed by atoms with Crippen LogP contribution in [0.25, 0.3) is 0 Å². The first-order valence-electron chi connectivity index (χ1n) is 6.23. The monoisotopic (exact) mass is 256 g/mol. The second kappa shape index (κ2) is 8.41. The van der Waals surface area contributed by atoms with Crippen LogP contribution in [0.2, 0.25) is 0 Å². The Labute approximate surface area is 110 Å². The summed E-state index contributed by atoms with van der Waals surface area (Å²) in [5.41, 5.74) is -0.233. The Balaban J connectivity index is 3.66. The second-order valence-electron chi connectivity index (χ2n) is 4.72. The molecule has 3 nitrogen and oxygen atoms in total. The molecule has 17 heavy (non-hydrogen) atoms. The van der Waals surface area contributed by atoms with E-state index in [2.05, 4.69) is 6.07 Å². The number of carbonyl (C=O) groups excluding carboxylic acids is 1. The van der Waals surface area contributed by atoms with Crippen LogP contribution in [0.4, 0.5) is 0 Å². The molecule has 0 aromatic carbocycles. The lowest BCUT2D eigenvalue weighted by Gasteiger charge is -2.18. The third kappa shape index (κ3) is 7.27. The van der Waals surface area contributed by atoms with Crippen LogP contribution in [0.3, 0.4) is 0 Å². The van der Waals surface area contributed by atoms with Crippen LogP contribution in [0.1, 0.15) is 40.5 Å². The topological polar surface area (TPSA) is 44.1 Å². The number of thioether (sulfide) groups is 1. The van der Waals surface area contributed by atoms with Gasteiger partial charge in [0.25, 0.3) is 0 Å². The van der Waals surface area contributed by atoms with Gasteiger partial charge in [-0.3, -0.25) is 4.79 Å². The van der Waals surface area contributed by atoms with E-state index in [4.69, 9.17) is 5.26 Å². The summed E-state index contributed by atoms with van der Waals surface area (Å²) < 4.78 is 0. The minimum atomic E-state index is -0.233. The van der Waals surface area contributed by atoms with Crippen LogP contribution >= 0.6 is 11.8 Å². The summed E-state index contributed by atoms with van der Waals surface area (Å²) in [7, 11) is 0. The van der Waals surface area contributed by atoms with E-state index in [1.165, 1.54) is 0 Å². The first kappa shape index (κ1) is 16.3. The minimum Gasteiger partial charge on any atom is -0.343 e. The van der Waals surface area contributed by atoms with Gasteiger partial charge in [0, 0.05) is 13.1 Å². The van der Waals surface area contributed by atoms with Gasteiger partial charge in [-0.15, -0.1) is 0 Å². The lowest BCUT2D eigenvalue weighted by Crippen LogP contribution is -2.31. The first-order chi connectivity index (χ1) is 7.96. The second-order valence-corrected chi connectivity index (χ2v) is 5.82. The highest BCUT2D eigenvalue weighted by molar-refractivity contribution is 7.99. The van der Waals surface area contributed by atoms with Crippen molar-refractivity contribution in [3.8, 4) is 6.07 Å². The van der Waals surface area contributed by atoms with E-state index in [1.807, 2.05) is 32.6 Å². The molecule has 0 aliphatic carbocycles. The molecule has 0 radical (unpaired) electrons. The highest BCUT2D eigenvalue weighted by atomic mass is 32.2. The molecular weight excluding hydrogens is 232 g/mol. The molecular formula is C13H24N2OS. The largest absolute Gasteiger partial charge is 0.343 e. The number of carbonyl (C=O) groups is 1. The first-order valence-corrected chi connectivity index (χ1v) is 7.39. The molecule has 0 saturated heterocycles. The van der Waals surface area contributed by atoms with Crippen molar-refractivity contribution in [2.24, 2.45) is 5.41 Å². The summed E-state index contributed by atoms with van der Waals surface area (Å²) in [4.78, 5) is 13.5. The Kier molecular flexibility index (Phi) is 8.07. The predicted molar refractivity (Wildman–Crippen MR) is 73.9 cm³/mol. The Bertz CT molecular complexity index is 267. The fourth-order valence-electron chi connectivity index (χ4n) is 1.50. The zero-order valence-corrected chi connectivity index (χ0v) is 12.3. The highest BCUT2D eigenvalue weighted by Gasteiger charge is 2.15. The van der Waals surface area contributed by atoms with Gasteiger partial charge in [-0.25, -0.2) is 0 Å². The molecule has 0 rings (SSSR count). The van der Waals surface area contributed by atoms with Crippen LogP contribution in [-0.4, -0.2) is 35.4 Å². The average molecular weight is 256 g/mol. The molecule has 0 fully saturated rings. The van der Waals surface area contributed by atoms with Crippen molar-refractivity contribution in [1.82, 2.24) is 4.90 Å². The van der Waals surface area contributed by atoms with Crippen molar-refractivity contribution in [2.45, 2.75) is 40.5 Å². The number of nitrogens with zero attached hydrogens (tertiary/aromatic N) is 2. The van der Waals surface area contributed by atoms with Crippen molar-refractivity contribution >= 4 is 17.7 Å². The van der Waals surface area contributed by atoms with Gasteiger partial charge in [0.1, 0.15) is 0 Å². The maximum Gasteiger partial charge on any atom is 0.232 e. The maximum absolute atomic E-state index is 11.7. The van der Waals surface area contributed by atoms with E-state index in [1.54, 1.807) is 11.8 Å². The van der Waals surface area contributed by atoms with Crippen LogP contribution < -0.4 is 0 Å². The third-order valence-electron chi connectivity index (χ3n) is 2.73. The number of hydrogen-bond donors (Lipinski definition) is 0. The van der Waals surface area contributed by atoms with E-state index in [0.717, 1.165) is 31.7 Å². The standard InChI is InChI=1S/C13H24N2OS/c1-5-15(6-2)12(16)10-17-9-7-8-13(3,4)11-14/h5-10H2,1-4H3. The molecule has 0 heterocycles.